The first-order valence-electron chi connectivity index (χ1n) is 8.52. The van der Waals surface area contributed by atoms with Gasteiger partial charge in [0.1, 0.15) is 11.1 Å². The van der Waals surface area contributed by atoms with Crippen molar-refractivity contribution in [3.8, 4) is 6.07 Å². The van der Waals surface area contributed by atoms with Crippen molar-refractivity contribution in [3.63, 3.8) is 0 Å². The van der Waals surface area contributed by atoms with Crippen molar-refractivity contribution in [2.75, 3.05) is 0 Å². The second-order valence-electron chi connectivity index (χ2n) is 6.30. The summed E-state index contributed by atoms with van der Waals surface area (Å²) in [6.07, 6.45) is 4.43. The van der Waals surface area contributed by atoms with E-state index in [9.17, 15) is 5.26 Å². The maximum absolute atomic E-state index is 9.48. The molecular formula is C20H18N4S. The van der Waals surface area contributed by atoms with Crippen LogP contribution in [0.1, 0.15) is 41.1 Å². The van der Waals surface area contributed by atoms with E-state index >= 15 is 0 Å². The molecular weight excluding hydrogens is 328 g/mol. The first kappa shape index (κ1) is 16.0. The van der Waals surface area contributed by atoms with Crippen molar-refractivity contribution in [1.82, 2.24) is 15.0 Å². The molecule has 0 aliphatic heterocycles. The lowest BCUT2D eigenvalue weighted by atomic mass is 9.95. The third-order valence-corrected chi connectivity index (χ3v) is 5.58. The number of hydrogen-bond donors (Lipinski definition) is 0. The van der Waals surface area contributed by atoms with E-state index in [2.05, 4.69) is 11.1 Å². The van der Waals surface area contributed by atoms with E-state index in [4.69, 9.17) is 9.97 Å². The van der Waals surface area contributed by atoms with Crippen LogP contribution in [0.25, 0.3) is 11.0 Å². The van der Waals surface area contributed by atoms with Gasteiger partial charge in [-0.1, -0.05) is 23.9 Å². The number of aromatic nitrogens is 3. The number of nitriles is 1. The lowest BCUT2D eigenvalue weighted by Crippen LogP contribution is -2.07. The summed E-state index contributed by atoms with van der Waals surface area (Å²) >= 11 is 1.58. The molecule has 1 aliphatic carbocycles. The minimum Gasteiger partial charge on any atom is -0.250 e. The fourth-order valence-electron chi connectivity index (χ4n) is 3.20. The van der Waals surface area contributed by atoms with E-state index in [0.29, 0.717) is 11.3 Å². The molecule has 124 valence electrons. The predicted molar refractivity (Wildman–Crippen MR) is 99.4 cm³/mol. The first-order valence-corrected chi connectivity index (χ1v) is 9.51. The van der Waals surface area contributed by atoms with Crippen LogP contribution in [0.5, 0.6) is 0 Å². The van der Waals surface area contributed by atoms with Gasteiger partial charge in [0, 0.05) is 11.4 Å². The molecule has 0 atom stereocenters. The molecule has 4 rings (SSSR count). The van der Waals surface area contributed by atoms with Crippen LogP contribution in [-0.2, 0) is 18.6 Å². The van der Waals surface area contributed by atoms with Gasteiger partial charge in [-0.05, 0) is 56.4 Å². The highest BCUT2D eigenvalue weighted by atomic mass is 32.2. The van der Waals surface area contributed by atoms with Crippen molar-refractivity contribution in [1.29, 1.82) is 5.26 Å². The van der Waals surface area contributed by atoms with Crippen LogP contribution in [0.3, 0.4) is 0 Å². The second-order valence-corrected chi connectivity index (χ2v) is 7.26. The van der Waals surface area contributed by atoms with Gasteiger partial charge >= 0.3 is 0 Å². The molecule has 0 fully saturated rings. The molecule has 1 aromatic carbocycles. The highest BCUT2D eigenvalue weighted by Crippen LogP contribution is 2.29. The monoisotopic (exact) mass is 346 g/mol. The number of hydrogen-bond acceptors (Lipinski definition) is 5. The van der Waals surface area contributed by atoms with Crippen molar-refractivity contribution in [2.45, 2.75) is 43.4 Å². The summed E-state index contributed by atoms with van der Waals surface area (Å²) in [5.74, 6) is 0.671. The molecule has 0 amide bonds. The van der Waals surface area contributed by atoms with Gasteiger partial charge in [-0.25, -0.2) is 15.0 Å². The largest absolute Gasteiger partial charge is 0.250 e. The third-order valence-electron chi connectivity index (χ3n) is 4.57. The Morgan fingerprint density at radius 3 is 2.64 bits per heavy atom. The average molecular weight is 346 g/mol. The molecule has 0 unspecified atom stereocenters. The number of rotatable bonds is 3. The molecule has 5 heteroatoms. The molecule has 0 spiro atoms. The van der Waals surface area contributed by atoms with Gasteiger partial charge in [0.2, 0.25) is 0 Å². The van der Waals surface area contributed by atoms with E-state index in [1.165, 1.54) is 18.4 Å². The Labute approximate surface area is 151 Å². The maximum atomic E-state index is 9.48. The minimum absolute atomic E-state index is 0.671. The van der Waals surface area contributed by atoms with Crippen LogP contribution < -0.4 is 0 Å². The number of aryl methyl sites for hydroxylation is 3. The summed E-state index contributed by atoms with van der Waals surface area (Å²) in [5.41, 5.74) is 6.79. The maximum Gasteiger partial charge on any atom is 0.114 e. The number of thioether (sulfide) groups is 1. The molecule has 0 saturated carbocycles. The molecule has 0 saturated heterocycles. The SMILES string of the molecule is Cc1nc2ccccc2nc1CSc1nc2c(cc1C#N)CCCC2. The lowest BCUT2D eigenvalue weighted by molar-refractivity contribution is 0.660. The molecule has 25 heavy (non-hydrogen) atoms. The molecule has 0 radical (unpaired) electrons. The molecule has 4 nitrogen and oxygen atoms in total. The summed E-state index contributed by atoms with van der Waals surface area (Å²) in [4.78, 5) is 14.2. The Balaban J connectivity index is 1.63. The standard InChI is InChI=1S/C20H18N4S/c1-13-19(23-18-9-5-4-8-17(18)22-13)12-25-20-15(11-21)10-14-6-2-3-7-16(14)24-20/h4-5,8-10H,2-3,6-7,12H2,1H3. The van der Waals surface area contributed by atoms with Crippen LogP contribution in [0.2, 0.25) is 0 Å². The second kappa shape index (κ2) is 6.81. The Bertz CT molecular complexity index is 991. The van der Waals surface area contributed by atoms with Gasteiger partial charge in [-0.15, -0.1) is 0 Å². The van der Waals surface area contributed by atoms with Gasteiger partial charge in [0.15, 0.2) is 0 Å². The van der Waals surface area contributed by atoms with Gasteiger partial charge in [0.25, 0.3) is 0 Å². The quantitative estimate of drug-likeness (QED) is 0.659. The molecule has 1 aliphatic rings. The van der Waals surface area contributed by atoms with E-state index in [1.54, 1.807) is 11.8 Å². The predicted octanol–water partition coefficient (Wildman–Crippen LogP) is 4.38. The Kier molecular flexibility index (Phi) is 4.37. The normalized spacial score (nSPS) is 13.4. The van der Waals surface area contributed by atoms with Crippen molar-refractivity contribution in [2.24, 2.45) is 0 Å². The number of pyridine rings is 1. The topological polar surface area (TPSA) is 62.5 Å². The Morgan fingerprint density at radius 2 is 1.84 bits per heavy atom. The zero-order chi connectivity index (χ0) is 17.2. The van der Waals surface area contributed by atoms with Crippen molar-refractivity contribution >= 4 is 22.8 Å². The summed E-state index contributed by atoms with van der Waals surface area (Å²) in [5, 5.41) is 10.3. The molecule has 3 aromatic rings. The number of nitrogens with zero attached hydrogens (tertiary/aromatic N) is 4. The van der Waals surface area contributed by atoms with E-state index in [1.807, 2.05) is 37.3 Å². The Hall–Kier alpha value is -2.45. The van der Waals surface area contributed by atoms with E-state index < -0.39 is 0 Å². The molecule has 0 N–H and O–H groups in total. The summed E-state index contributed by atoms with van der Waals surface area (Å²) in [6.45, 7) is 1.99. The smallest absolute Gasteiger partial charge is 0.114 e. The minimum atomic E-state index is 0.671. The van der Waals surface area contributed by atoms with Gasteiger partial charge in [-0.2, -0.15) is 5.26 Å². The van der Waals surface area contributed by atoms with Crippen LogP contribution >= 0.6 is 11.8 Å². The van der Waals surface area contributed by atoms with Crippen LogP contribution in [0.4, 0.5) is 0 Å². The van der Waals surface area contributed by atoms with Gasteiger partial charge < -0.3 is 0 Å². The number of para-hydroxylation sites is 2. The lowest BCUT2D eigenvalue weighted by Gasteiger charge is -2.16. The fourth-order valence-corrected chi connectivity index (χ4v) is 4.18. The molecule has 2 aromatic heterocycles. The van der Waals surface area contributed by atoms with E-state index in [0.717, 1.165) is 46.0 Å². The molecule has 2 heterocycles. The van der Waals surface area contributed by atoms with Crippen molar-refractivity contribution in [3.05, 3.63) is 58.5 Å². The van der Waals surface area contributed by atoms with Crippen LogP contribution in [0, 0.1) is 18.3 Å². The summed E-state index contributed by atoms with van der Waals surface area (Å²) < 4.78 is 0. The highest BCUT2D eigenvalue weighted by Gasteiger charge is 2.16. The first-order chi connectivity index (χ1) is 12.2. The summed E-state index contributed by atoms with van der Waals surface area (Å²) in [6, 6.07) is 12.2. The van der Waals surface area contributed by atoms with Gasteiger partial charge in [0.05, 0.1) is 28.0 Å². The number of fused-ring (bicyclic) bond motifs is 2. The van der Waals surface area contributed by atoms with Crippen molar-refractivity contribution < 1.29 is 0 Å². The molecule has 0 bridgehead atoms. The zero-order valence-corrected chi connectivity index (χ0v) is 14.9. The third kappa shape index (κ3) is 3.22. The van der Waals surface area contributed by atoms with Crippen LogP contribution in [-0.4, -0.2) is 15.0 Å². The zero-order valence-electron chi connectivity index (χ0n) is 14.1. The van der Waals surface area contributed by atoms with Gasteiger partial charge in [-0.3, -0.25) is 0 Å². The van der Waals surface area contributed by atoms with E-state index in [-0.39, 0.29) is 0 Å². The fraction of sp³-hybridized carbons (Fsp3) is 0.300. The Morgan fingerprint density at radius 1 is 1.08 bits per heavy atom. The average Bonchev–Trinajstić information content (AvgIpc) is 2.65. The van der Waals surface area contributed by atoms with Crippen LogP contribution in [0.15, 0.2) is 35.4 Å². The number of benzene rings is 1. The highest BCUT2D eigenvalue weighted by molar-refractivity contribution is 7.98. The summed E-state index contributed by atoms with van der Waals surface area (Å²) in [7, 11) is 0.